The smallest absolute Gasteiger partial charge is 0.0617 e. The van der Waals surface area contributed by atoms with E-state index in [1.54, 1.807) is 0 Å². The minimum Gasteiger partial charge on any atom is -0.312 e. The van der Waals surface area contributed by atoms with Gasteiger partial charge in [0, 0.05) is 17.1 Å². The van der Waals surface area contributed by atoms with Crippen molar-refractivity contribution in [3.05, 3.63) is 34.9 Å². The molecule has 0 radical (unpaired) electrons. The number of rotatable bonds is 5. The lowest BCUT2D eigenvalue weighted by molar-refractivity contribution is -0.0134. The number of hydrogen-bond acceptors (Lipinski definition) is 2. The van der Waals surface area contributed by atoms with Crippen LogP contribution in [0.3, 0.4) is 0 Å². The normalized spacial score (nSPS) is 34.8. The maximum atomic E-state index is 6.17. The predicted molar refractivity (Wildman–Crippen MR) is 98.9 cm³/mol. The standard InChI is InChI=1S/C20H31ClN2/c1-5-22-19-15(3)14(2)12-13-20(19,23(4)18-10-11-18)16-6-8-17(21)9-7-16/h6-9,14-15,18-19,22H,5,10-13H2,1-4H3. The molecule has 3 heteroatoms. The zero-order valence-electron chi connectivity index (χ0n) is 15.0. The fourth-order valence-corrected chi connectivity index (χ4v) is 4.78. The van der Waals surface area contributed by atoms with Gasteiger partial charge in [-0.1, -0.05) is 44.5 Å². The molecule has 4 unspecified atom stereocenters. The highest BCUT2D eigenvalue weighted by Gasteiger charge is 2.52. The zero-order valence-corrected chi connectivity index (χ0v) is 15.7. The van der Waals surface area contributed by atoms with Crippen molar-refractivity contribution in [1.82, 2.24) is 10.2 Å². The van der Waals surface area contributed by atoms with Gasteiger partial charge in [0.2, 0.25) is 0 Å². The lowest BCUT2D eigenvalue weighted by Gasteiger charge is -2.55. The van der Waals surface area contributed by atoms with Gasteiger partial charge in [0.1, 0.15) is 0 Å². The summed E-state index contributed by atoms with van der Waals surface area (Å²) in [5.74, 6) is 1.44. The molecule has 1 N–H and O–H groups in total. The van der Waals surface area contributed by atoms with Gasteiger partial charge < -0.3 is 5.32 Å². The Bertz CT molecular complexity index is 525. The summed E-state index contributed by atoms with van der Waals surface area (Å²) >= 11 is 6.17. The molecule has 0 saturated heterocycles. The Kier molecular flexibility index (Phi) is 5.06. The lowest BCUT2D eigenvalue weighted by atomic mass is 9.63. The van der Waals surface area contributed by atoms with Crippen LogP contribution in [0.5, 0.6) is 0 Å². The minimum atomic E-state index is 0.0910. The molecule has 0 spiro atoms. The number of likely N-dealkylation sites (N-methyl/N-ethyl adjacent to an activating group) is 2. The summed E-state index contributed by atoms with van der Waals surface area (Å²) in [6.45, 7) is 8.10. The highest BCUT2D eigenvalue weighted by Crippen LogP contribution is 2.49. The molecule has 2 nitrogen and oxygen atoms in total. The van der Waals surface area contributed by atoms with Crippen LogP contribution < -0.4 is 5.32 Å². The predicted octanol–water partition coefficient (Wildman–Crippen LogP) is 4.67. The summed E-state index contributed by atoms with van der Waals surface area (Å²) in [4.78, 5) is 2.69. The van der Waals surface area contributed by atoms with Crippen LogP contribution in [-0.4, -0.2) is 30.6 Å². The Balaban J connectivity index is 2.07. The van der Waals surface area contributed by atoms with Crippen LogP contribution in [0.2, 0.25) is 5.02 Å². The van der Waals surface area contributed by atoms with Gasteiger partial charge in [0.15, 0.2) is 0 Å². The van der Waals surface area contributed by atoms with Crippen molar-refractivity contribution in [3.8, 4) is 0 Å². The van der Waals surface area contributed by atoms with Crippen molar-refractivity contribution < 1.29 is 0 Å². The Hall–Kier alpha value is -0.570. The summed E-state index contributed by atoms with van der Waals surface area (Å²) in [6, 6.07) is 9.87. The summed E-state index contributed by atoms with van der Waals surface area (Å²) in [6.07, 6.45) is 5.21. The molecule has 0 bridgehead atoms. The number of hydrogen-bond donors (Lipinski definition) is 1. The van der Waals surface area contributed by atoms with Crippen LogP contribution in [0.15, 0.2) is 24.3 Å². The average Bonchev–Trinajstić information content (AvgIpc) is 3.38. The van der Waals surface area contributed by atoms with Crippen molar-refractivity contribution in [2.75, 3.05) is 13.6 Å². The number of nitrogens with one attached hydrogen (secondary N) is 1. The van der Waals surface area contributed by atoms with E-state index in [0.717, 1.165) is 23.5 Å². The Morgan fingerprint density at radius 2 is 1.83 bits per heavy atom. The minimum absolute atomic E-state index is 0.0910. The van der Waals surface area contributed by atoms with E-state index in [1.165, 1.54) is 31.2 Å². The molecule has 1 aromatic rings. The van der Waals surface area contributed by atoms with Crippen molar-refractivity contribution in [2.24, 2.45) is 11.8 Å². The van der Waals surface area contributed by atoms with Crippen LogP contribution in [0, 0.1) is 11.8 Å². The second-order valence-electron chi connectivity index (χ2n) is 7.68. The molecule has 0 aromatic heterocycles. The first-order chi connectivity index (χ1) is 11.0. The molecule has 2 saturated carbocycles. The third-order valence-corrected chi connectivity index (χ3v) is 6.66. The van der Waals surface area contributed by atoms with Crippen molar-refractivity contribution >= 4 is 11.6 Å². The van der Waals surface area contributed by atoms with E-state index in [9.17, 15) is 0 Å². The molecule has 2 aliphatic carbocycles. The third kappa shape index (κ3) is 3.06. The maximum absolute atomic E-state index is 6.17. The van der Waals surface area contributed by atoms with Crippen molar-refractivity contribution in [3.63, 3.8) is 0 Å². The van der Waals surface area contributed by atoms with Crippen LogP contribution in [-0.2, 0) is 5.54 Å². The number of benzene rings is 1. The molecule has 3 rings (SSSR count). The highest BCUT2D eigenvalue weighted by molar-refractivity contribution is 6.30. The molecule has 23 heavy (non-hydrogen) atoms. The van der Waals surface area contributed by atoms with E-state index in [1.807, 2.05) is 0 Å². The largest absolute Gasteiger partial charge is 0.312 e. The SMILES string of the molecule is CCNC1C(C)C(C)CCC1(c1ccc(Cl)cc1)N(C)C1CC1. The lowest BCUT2D eigenvalue weighted by Crippen LogP contribution is -2.63. The van der Waals surface area contributed by atoms with Crippen molar-refractivity contribution in [2.45, 2.75) is 64.1 Å². The van der Waals surface area contributed by atoms with E-state index in [4.69, 9.17) is 11.6 Å². The van der Waals surface area contributed by atoms with Gasteiger partial charge in [-0.05, 0) is 68.8 Å². The van der Waals surface area contributed by atoms with E-state index < -0.39 is 0 Å². The topological polar surface area (TPSA) is 15.3 Å². The summed E-state index contributed by atoms with van der Waals surface area (Å²) < 4.78 is 0. The molecule has 0 aliphatic heterocycles. The fourth-order valence-electron chi connectivity index (χ4n) is 4.65. The molecule has 2 aliphatic rings. The number of halogens is 1. The van der Waals surface area contributed by atoms with Crippen LogP contribution in [0.25, 0.3) is 0 Å². The van der Waals surface area contributed by atoms with Gasteiger partial charge in [-0.3, -0.25) is 4.90 Å². The molecular formula is C20H31ClN2. The molecule has 2 fully saturated rings. The number of nitrogens with zero attached hydrogens (tertiary/aromatic N) is 1. The van der Waals surface area contributed by atoms with Gasteiger partial charge in [0.05, 0.1) is 5.54 Å². The van der Waals surface area contributed by atoms with Gasteiger partial charge in [-0.2, -0.15) is 0 Å². The Labute approximate surface area is 146 Å². The van der Waals surface area contributed by atoms with Crippen LogP contribution >= 0.6 is 11.6 Å². The maximum Gasteiger partial charge on any atom is 0.0617 e. The van der Waals surface area contributed by atoms with Gasteiger partial charge in [-0.25, -0.2) is 0 Å². The summed E-state index contributed by atoms with van der Waals surface area (Å²) in [7, 11) is 2.35. The fraction of sp³-hybridized carbons (Fsp3) is 0.700. The Morgan fingerprint density at radius 3 is 2.39 bits per heavy atom. The van der Waals surface area contributed by atoms with Crippen LogP contribution in [0.1, 0.15) is 52.0 Å². The highest BCUT2D eigenvalue weighted by atomic mass is 35.5. The van der Waals surface area contributed by atoms with Crippen LogP contribution in [0.4, 0.5) is 0 Å². The first kappa shape index (κ1) is 17.3. The first-order valence-corrected chi connectivity index (χ1v) is 9.61. The van der Waals surface area contributed by atoms with Gasteiger partial charge >= 0.3 is 0 Å². The monoisotopic (exact) mass is 334 g/mol. The van der Waals surface area contributed by atoms with E-state index >= 15 is 0 Å². The quantitative estimate of drug-likeness (QED) is 0.841. The average molecular weight is 335 g/mol. The second-order valence-corrected chi connectivity index (χ2v) is 8.12. The summed E-state index contributed by atoms with van der Waals surface area (Å²) in [5, 5.41) is 4.69. The summed E-state index contributed by atoms with van der Waals surface area (Å²) in [5.41, 5.74) is 1.52. The zero-order chi connectivity index (χ0) is 16.6. The molecule has 0 heterocycles. The van der Waals surface area contributed by atoms with E-state index in [0.29, 0.717) is 12.0 Å². The molecule has 1 aromatic carbocycles. The van der Waals surface area contributed by atoms with E-state index in [2.05, 4.69) is 62.3 Å². The van der Waals surface area contributed by atoms with Gasteiger partial charge in [0.25, 0.3) is 0 Å². The third-order valence-electron chi connectivity index (χ3n) is 6.41. The second kappa shape index (κ2) is 6.74. The molecule has 128 valence electrons. The molecule has 0 amide bonds. The van der Waals surface area contributed by atoms with Crippen molar-refractivity contribution in [1.29, 1.82) is 0 Å². The van der Waals surface area contributed by atoms with Gasteiger partial charge in [-0.15, -0.1) is 0 Å². The first-order valence-electron chi connectivity index (χ1n) is 9.23. The Morgan fingerprint density at radius 1 is 1.17 bits per heavy atom. The van der Waals surface area contributed by atoms with E-state index in [-0.39, 0.29) is 5.54 Å². The molecular weight excluding hydrogens is 304 g/mol. The molecule has 4 atom stereocenters.